The van der Waals surface area contributed by atoms with E-state index in [4.69, 9.17) is 11.6 Å². The highest BCUT2D eigenvalue weighted by Crippen LogP contribution is 2.24. The third-order valence-corrected chi connectivity index (χ3v) is 2.67. The molecule has 1 aromatic rings. The van der Waals surface area contributed by atoms with Crippen molar-refractivity contribution < 1.29 is 23.5 Å². The number of benzene rings is 1. The number of para-hydroxylation sites is 1. The quantitative estimate of drug-likeness (QED) is 0.514. The van der Waals surface area contributed by atoms with Gasteiger partial charge in [0.25, 0.3) is 0 Å². The highest BCUT2D eigenvalue weighted by molar-refractivity contribution is 6.33. The number of ether oxygens (including phenoxy) is 2. The molecule has 0 heterocycles. The fourth-order valence-electron chi connectivity index (χ4n) is 1.30. The van der Waals surface area contributed by atoms with Crippen molar-refractivity contribution in [1.82, 2.24) is 0 Å². The number of carbonyl (C=O) groups excluding carboxylic acids is 2. The molecule has 0 spiro atoms. The van der Waals surface area contributed by atoms with Crippen LogP contribution in [0, 0.1) is 5.82 Å². The lowest BCUT2D eigenvalue weighted by atomic mass is 10.2. The molecule has 0 aliphatic rings. The van der Waals surface area contributed by atoms with Gasteiger partial charge in [-0.2, -0.15) is 0 Å². The Morgan fingerprint density at radius 1 is 1.24 bits per heavy atom. The second kappa shape index (κ2) is 8.06. The molecule has 21 heavy (non-hydrogen) atoms. The van der Waals surface area contributed by atoms with E-state index in [2.05, 4.69) is 14.8 Å². The topological polar surface area (TPSA) is 64.6 Å². The summed E-state index contributed by atoms with van der Waals surface area (Å²) < 4.78 is 22.5. The summed E-state index contributed by atoms with van der Waals surface area (Å²) in [5.74, 6) is -1.94. The molecule has 0 saturated heterocycles. The summed E-state index contributed by atoms with van der Waals surface area (Å²) >= 11 is 5.84. The Morgan fingerprint density at radius 3 is 2.52 bits per heavy atom. The molecule has 1 aromatic carbocycles. The molecule has 1 N–H and O–H groups in total. The molecule has 1 rings (SSSR count). The maximum absolute atomic E-state index is 13.6. The zero-order valence-electron chi connectivity index (χ0n) is 11.4. The predicted molar refractivity (Wildman–Crippen MR) is 76.3 cm³/mol. The molecule has 0 radical (unpaired) electrons. The minimum absolute atomic E-state index is 0.00652. The van der Waals surface area contributed by atoms with Gasteiger partial charge in [0.05, 0.1) is 30.5 Å². The number of nitrogens with one attached hydrogen (secondary N) is 1. The van der Waals surface area contributed by atoms with Crippen LogP contribution in [0.5, 0.6) is 0 Å². The first-order valence-electron chi connectivity index (χ1n) is 5.74. The fourth-order valence-corrected chi connectivity index (χ4v) is 1.52. The number of rotatable bonds is 5. The Morgan fingerprint density at radius 2 is 1.95 bits per heavy atom. The standard InChI is InChI=1S/C14H13ClFNO4/c1-20-12(18)7-6-9(14(19)21-2)8-17-13-10(15)4-3-5-11(13)16/h3-8,17H,1-2H3/b7-6+,9-8-. The smallest absolute Gasteiger partial charge is 0.339 e. The van der Waals surface area contributed by atoms with Crippen LogP contribution in [0.15, 0.2) is 42.1 Å². The van der Waals surface area contributed by atoms with Crippen LogP contribution >= 0.6 is 11.6 Å². The molecule has 0 aliphatic carbocycles. The summed E-state index contributed by atoms with van der Waals surface area (Å²) in [5, 5.41) is 2.71. The maximum Gasteiger partial charge on any atom is 0.339 e. The third-order valence-electron chi connectivity index (χ3n) is 2.36. The van der Waals surface area contributed by atoms with Crippen LogP contribution in [0.2, 0.25) is 5.02 Å². The van der Waals surface area contributed by atoms with Crippen LogP contribution in [-0.2, 0) is 19.1 Å². The van der Waals surface area contributed by atoms with Gasteiger partial charge in [0.2, 0.25) is 0 Å². The van der Waals surface area contributed by atoms with E-state index in [1.54, 1.807) is 0 Å². The highest BCUT2D eigenvalue weighted by Gasteiger charge is 2.09. The summed E-state index contributed by atoms with van der Waals surface area (Å²) in [5.41, 5.74) is -0.00532. The Kier molecular flexibility index (Phi) is 6.42. The lowest BCUT2D eigenvalue weighted by molar-refractivity contribution is -0.135. The Bertz CT molecular complexity index is 578. The van der Waals surface area contributed by atoms with E-state index < -0.39 is 17.8 Å². The van der Waals surface area contributed by atoms with Crippen molar-refractivity contribution in [3.63, 3.8) is 0 Å². The minimum atomic E-state index is -0.713. The predicted octanol–water partition coefficient (Wildman–Crippen LogP) is 2.68. The molecule has 0 aliphatic heterocycles. The Labute approximate surface area is 126 Å². The van der Waals surface area contributed by atoms with Crippen LogP contribution in [0.3, 0.4) is 0 Å². The molecule has 112 valence electrons. The van der Waals surface area contributed by atoms with Crippen LogP contribution in [0.4, 0.5) is 10.1 Å². The van der Waals surface area contributed by atoms with E-state index in [1.165, 1.54) is 44.7 Å². The normalized spacial score (nSPS) is 11.3. The van der Waals surface area contributed by atoms with E-state index in [9.17, 15) is 14.0 Å². The molecule has 0 fully saturated rings. The Balaban J connectivity index is 3.01. The second-order valence-corrected chi connectivity index (χ2v) is 4.10. The molecule has 0 aromatic heterocycles. The van der Waals surface area contributed by atoms with Gasteiger partial charge in [-0.15, -0.1) is 0 Å². The van der Waals surface area contributed by atoms with Crippen LogP contribution in [0.1, 0.15) is 0 Å². The average molecular weight is 314 g/mol. The van der Waals surface area contributed by atoms with Gasteiger partial charge in [0.1, 0.15) is 5.82 Å². The number of methoxy groups -OCH3 is 2. The zero-order valence-corrected chi connectivity index (χ0v) is 12.1. The lowest BCUT2D eigenvalue weighted by Crippen LogP contribution is -2.06. The van der Waals surface area contributed by atoms with Crippen LogP contribution in [-0.4, -0.2) is 26.2 Å². The van der Waals surface area contributed by atoms with Crippen molar-refractivity contribution in [2.45, 2.75) is 0 Å². The summed E-state index contributed by atoms with van der Waals surface area (Å²) in [7, 11) is 2.38. The second-order valence-electron chi connectivity index (χ2n) is 3.69. The van der Waals surface area contributed by atoms with E-state index in [-0.39, 0.29) is 16.3 Å². The van der Waals surface area contributed by atoms with Gasteiger partial charge in [-0.3, -0.25) is 0 Å². The fraction of sp³-hybridized carbons (Fsp3) is 0.143. The van der Waals surface area contributed by atoms with Crippen molar-refractivity contribution in [1.29, 1.82) is 0 Å². The van der Waals surface area contributed by atoms with Crippen LogP contribution < -0.4 is 5.32 Å². The average Bonchev–Trinajstić information content (AvgIpc) is 2.48. The molecule has 0 unspecified atom stereocenters. The first kappa shape index (κ1) is 16.7. The summed E-state index contributed by atoms with van der Waals surface area (Å²) in [6, 6.07) is 4.15. The third kappa shape index (κ3) is 4.92. The van der Waals surface area contributed by atoms with Gasteiger partial charge in [0.15, 0.2) is 0 Å². The van der Waals surface area contributed by atoms with Gasteiger partial charge >= 0.3 is 11.9 Å². The Hall–Kier alpha value is -2.34. The van der Waals surface area contributed by atoms with Crippen molar-refractivity contribution >= 4 is 29.2 Å². The lowest BCUT2D eigenvalue weighted by Gasteiger charge is -2.06. The van der Waals surface area contributed by atoms with Crippen molar-refractivity contribution in [2.75, 3.05) is 19.5 Å². The molecule has 0 bridgehead atoms. The van der Waals surface area contributed by atoms with Gasteiger partial charge in [-0.1, -0.05) is 17.7 Å². The number of esters is 2. The van der Waals surface area contributed by atoms with Crippen molar-refractivity contribution in [3.8, 4) is 0 Å². The maximum atomic E-state index is 13.6. The summed E-state index contributed by atoms with van der Waals surface area (Å²) in [4.78, 5) is 22.6. The van der Waals surface area contributed by atoms with E-state index in [1.807, 2.05) is 0 Å². The zero-order chi connectivity index (χ0) is 15.8. The molecule has 0 amide bonds. The van der Waals surface area contributed by atoms with E-state index in [0.717, 1.165) is 6.08 Å². The molecule has 0 atom stereocenters. The van der Waals surface area contributed by atoms with Crippen LogP contribution in [0.25, 0.3) is 0 Å². The van der Waals surface area contributed by atoms with E-state index >= 15 is 0 Å². The largest absolute Gasteiger partial charge is 0.466 e. The summed E-state index contributed by atoms with van der Waals surface area (Å²) in [6.45, 7) is 0. The SMILES string of the molecule is COC(=O)/C=C/C(=C/Nc1c(F)cccc1Cl)C(=O)OC. The van der Waals surface area contributed by atoms with Crippen molar-refractivity contribution in [3.05, 3.63) is 53.0 Å². The van der Waals surface area contributed by atoms with Gasteiger partial charge in [-0.25, -0.2) is 14.0 Å². The molecular weight excluding hydrogens is 301 g/mol. The molecular formula is C14H13ClFNO4. The first-order chi connectivity index (χ1) is 9.99. The number of halogens is 2. The van der Waals surface area contributed by atoms with Gasteiger partial charge in [-0.05, 0) is 18.2 Å². The number of hydrogen-bond acceptors (Lipinski definition) is 5. The number of anilines is 1. The molecule has 7 heteroatoms. The first-order valence-corrected chi connectivity index (χ1v) is 6.12. The van der Waals surface area contributed by atoms with Gasteiger partial charge < -0.3 is 14.8 Å². The number of hydrogen-bond donors (Lipinski definition) is 1. The highest BCUT2D eigenvalue weighted by atomic mass is 35.5. The van der Waals surface area contributed by atoms with Gasteiger partial charge in [0, 0.05) is 12.3 Å². The number of carbonyl (C=O) groups is 2. The molecule has 0 saturated carbocycles. The monoisotopic (exact) mass is 313 g/mol. The minimum Gasteiger partial charge on any atom is -0.466 e. The van der Waals surface area contributed by atoms with Crippen molar-refractivity contribution in [2.24, 2.45) is 0 Å². The van der Waals surface area contributed by atoms with E-state index in [0.29, 0.717) is 0 Å². The summed E-state index contributed by atoms with van der Waals surface area (Å²) in [6.07, 6.45) is 3.39. The molecule has 5 nitrogen and oxygen atoms in total.